The Labute approximate surface area is 212 Å². The molecule has 2 aliphatic rings. The fourth-order valence-corrected chi connectivity index (χ4v) is 5.05. The van der Waals surface area contributed by atoms with E-state index in [1.807, 2.05) is 6.07 Å². The number of benzene rings is 1. The van der Waals surface area contributed by atoms with Gasteiger partial charge in [0.15, 0.2) is 0 Å². The van der Waals surface area contributed by atoms with E-state index in [4.69, 9.17) is 5.26 Å². The standard InChI is InChI=1S/C26H28F3N5O3/c27-26(28,29)19-3-1-2-18(12-19)24(36)32-15-23(35)33-20-8-11-34(16-20)21-6-9-25(37,10-7-21)22-5-4-17(13-30)14-31-22/h1-5,12,14,20-21,37H,6-11,15-16H2,(H,32,36)(H,33,35)/t20-,21?,25?/m1/s1. The quantitative estimate of drug-likeness (QED) is 0.545. The van der Waals surface area contributed by atoms with Crippen molar-refractivity contribution < 1.29 is 27.9 Å². The van der Waals surface area contributed by atoms with Gasteiger partial charge in [0.1, 0.15) is 11.7 Å². The summed E-state index contributed by atoms with van der Waals surface area (Å²) >= 11 is 0. The van der Waals surface area contributed by atoms with Crippen molar-refractivity contribution in [3.63, 3.8) is 0 Å². The number of halogens is 3. The van der Waals surface area contributed by atoms with E-state index in [2.05, 4.69) is 20.5 Å². The summed E-state index contributed by atoms with van der Waals surface area (Å²) in [7, 11) is 0. The third kappa shape index (κ3) is 6.45. The van der Waals surface area contributed by atoms with Crippen LogP contribution in [0.3, 0.4) is 0 Å². The van der Waals surface area contributed by atoms with Crippen molar-refractivity contribution in [1.82, 2.24) is 20.5 Å². The number of hydrogen-bond donors (Lipinski definition) is 3. The fourth-order valence-electron chi connectivity index (χ4n) is 5.05. The van der Waals surface area contributed by atoms with Gasteiger partial charge in [-0.05, 0) is 62.4 Å². The molecular weight excluding hydrogens is 487 g/mol. The lowest BCUT2D eigenvalue weighted by molar-refractivity contribution is -0.137. The number of likely N-dealkylation sites (tertiary alicyclic amines) is 1. The first-order valence-corrected chi connectivity index (χ1v) is 12.2. The Balaban J connectivity index is 1.21. The highest BCUT2D eigenvalue weighted by Crippen LogP contribution is 2.38. The average Bonchev–Trinajstić information content (AvgIpc) is 3.35. The number of carbonyl (C=O) groups excluding carboxylic acids is 2. The zero-order valence-corrected chi connectivity index (χ0v) is 20.1. The number of rotatable bonds is 6. The maximum atomic E-state index is 12.9. The summed E-state index contributed by atoms with van der Waals surface area (Å²) in [5.74, 6) is -1.15. The van der Waals surface area contributed by atoms with Crippen LogP contribution in [0.2, 0.25) is 0 Å². The minimum atomic E-state index is -4.56. The Hall–Kier alpha value is -3.49. The van der Waals surface area contributed by atoms with Crippen LogP contribution in [0.5, 0.6) is 0 Å². The lowest BCUT2D eigenvalue weighted by Crippen LogP contribution is -2.45. The number of nitriles is 1. The molecule has 2 fully saturated rings. The largest absolute Gasteiger partial charge is 0.416 e. The van der Waals surface area contributed by atoms with Crippen LogP contribution in [0.15, 0.2) is 42.6 Å². The van der Waals surface area contributed by atoms with Gasteiger partial charge in [0.05, 0.1) is 23.4 Å². The molecule has 1 aromatic heterocycles. The minimum absolute atomic E-state index is 0.0982. The topological polar surface area (TPSA) is 118 Å². The number of alkyl halides is 3. The minimum Gasteiger partial charge on any atom is -0.384 e. The van der Waals surface area contributed by atoms with Crippen LogP contribution >= 0.6 is 0 Å². The van der Waals surface area contributed by atoms with E-state index in [9.17, 15) is 27.9 Å². The van der Waals surface area contributed by atoms with Gasteiger partial charge in [-0.15, -0.1) is 0 Å². The summed E-state index contributed by atoms with van der Waals surface area (Å²) in [6, 6.07) is 9.59. The molecule has 2 aromatic rings. The second-order valence-corrected chi connectivity index (χ2v) is 9.62. The highest BCUT2D eigenvalue weighted by atomic mass is 19.4. The van der Waals surface area contributed by atoms with E-state index < -0.39 is 29.2 Å². The molecule has 1 aromatic carbocycles. The Kier molecular flexibility index (Phi) is 7.80. The Morgan fingerprint density at radius 2 is 1.95 bits per heavy atom. The van der Waals surface area contributed by atoms with E-state index >= 15 is 0 Å². The van der Waals surface area contributed by atoms with Gasteiger partial charge < -0.3 is 15.7 Å². The summed E-state index contributed by atoms with van der Waals surface area (Å²) in [4.78, 5) is 31.1. The van der Waals surface area contributed by atoms with E-state index in [-0.39, 0.29) is 24.2 Å². The summed E-state index contributed by atoms with van der Waals surface area (Å²) in [6.07, 6.45) is 0.287. The van der Waals surface area contributed by atoms with Gasteiger partial charge in [-0.25, -0.2) is 0 Å². The van der Waals surface area contributed by atoms with Crippen molar-refractivity contribution in [3.8, 4) is 6.07 Å². The number of nitrogens with one attached hydrogen (secondary N) is 2. The van der Waals surface area contributed by atoms with Gasteiger partial charge in [-0.1, -0.05) is 6.07 Å². The van der Waals surface area contributed by atoms with Crippen molar-refractivity contribution in [3.05, 3.63) is 65.0 Å². The molecule has 0 unspecified atom stereocenters. The average molecular weight is 516 g/mol. The lowest BCUT2D eigenvalue weighted by atomic mass is 9.79. The van der Waals surface area contributed by atoms with Gasteiger partial charge in [-0.2, -0.15) is 18.4 Å². The molecule has 1 aliphatic heterocycles. The highest BCUT2D eigenvalue weighted by Gasteiger charge is 2.39. The molecule has 2 amide bonds. The van der Waals surface area contributed by atoms with E-state index in [1.165, 1.54) is 12.3 Å². The van der Waals surface area contributed by atoms with Gasteiger partial charge in [0.25, 0.3) is 5.91 Å². The smallest absolute Gasteiger partial charge is 0.384 e. The number of aliphatic hydroxyl groups is 1. The number of aromatic nitrogens is 1. The maximum Gasteiger partial charge on any atom is 0.416 e. The molecule has 1 aliphatic carbocycles. The molecule has 2 heterocycles. The highest BCUT2D eigenvalue weighted by molar-refractivity contribution is 5.96. The predicted molar refractivity (Wildman–Crippen MR) is 127 cm³/mol. The van der Waals surface area contributed by atoms with Crippen LogP contribution in [0.25, 0.3) is 0 Å². The van der Waals surface area contributed by atoms with E-state index in [0.717, 1.165) is 44.0 Å². The fraction of sp³-hybridized carbons (Fsp3) is 0.462. The summed E-state index contributed by atoms with van der Waals surface area (Å²) in [5.41, 5.74) is -1.09. The number of hydrogen-bond acceptors (Lipinski definition) is 6. The molecule has 0 radical (unpaired) electrons. The molecule has 1 atom stereocenters. The number of amides is 2. The molecule has 8 nitrogen and oxygen atoms in total. The van der Waals surface area contributed by atoms with Crippen molar-refractivity contribution in [2.75, 3.05) is 19.6 Å². The van der Waals surface area contributed by atoms with Crippen LogP contribution in [-0.2, 0) is 16.6 Å². The molecule has 0 bridgehead atoms. The summed E-state index contributed by atoms with van der Waals surface area (Å²) < 4.78 is 38.6. The first kappa shape index (κ1) is 26.6. The monoisotopic (exact) mass is 515 g/mol. The van der Waals surface area contributed by atoms with Crippen molar-refractivity contribution in [2.24, 2.45) is 0 Å². The van der Waals surface area contributed by atoms with Crippen molar-refractivity contribution in [2.45, 2.75) is 56.0 Å². The number of nitrogens with zero attached hydrogens (tertiary/aromatic N) is 3. The van der Waals surface area contributed by atoms with Gasteiger partial charge >= 0.3 is 6.18 Å². The van der Waals surface area contributed by atoms with Gasteiger partial charge in [-0.3, -0.25) is 19.5 Å². The van der Waals surface area contributed by atoms with Crippen LogP contribution in [0.4, 0.5) is 13.2 Å². The summed E-state index contributed by atoms with van der Waals surface area (Å²) in [5, 5.41) is 25.3. The van der Waals surface area contributed by atoms with Gasteiger partial charge in [0.2, 0.25) is 5.91 Å². The van der Waals surface area contributed by atoms with Gasteiger partial charge in [0, 0.05) is 36.9 Å². The summed E-state index contributed by atoms with van der Waals surface area (Å²) in [6.45, 7) is 1.10. The van der Waals surface area contributed by atoms with E-state index in [1.54, 1.807) is 12.1 Å². The lowest BCUT2D eigenvalue weighted by Gasteiger charge is -2.39. The van der Waals surface area contributed by atoms with Crippen molar-refractivity contribution in [1.29, 1.82) is 5.26 Å². The van der Waals surface area contributed by atoms with Crippen LogP contribution in [0.1, 0.15) is 59.3 Å². The molecule has 37 heavy (non-hydrogen) atoms. The molecule has 11 heteroatoms. The van der Waals surface area contributed by atoms with Crippen LogP contribution < -0.4 is 10.6 Å². The zero-order chi connectivity index (χ0) is 26.6. The second kappa shape index (κ2) is 10.9. The third-order valence-corrected chi connectivity index (χ3v) is 7.11. The number of carbonyl (C=O) groups is 2. The first-order chi connectivity index (χ1) is 17.6. The Morgan fingerprint density at radius 1 is 1.19 bits per heavy atom. The molecule has 196 valence electrons. The van der Waals surface area contributed by atoms with E-state index in [0.29, 0.717) is 30.6 Å². The molecule has 0 spiro atoms. The molecule has 3 N–H and O–H groups in total. The second-order valence-electron chi connectivity index (χ2n) is 9.62. The maximum absolute atomic E-state index is 12.9. The molecular formula is C26H28F3N5O3. The Morgan fingerprint density at radius 3 is 2.59 bits per heavy atom. The molecule has 4 rings (SSSR count). The third-order valence-electron chi connectivity index (χ3n) is 7.11. The zero-order valence-electron chi connectivity index (χ0n) is 20.1. The SMILES string of the molecule is N#Cc1ccc(C2(O)CCC(N3CC[C@@H](NC(=O)CNC(=O)c4cccc(C(F)(F)F)c4)C3)CC2)nc1. The van der Waals surface area contributed by atoms with Crippen LogP contribution in [0, 0.1) is 11.3 Å². The molecule has 1 saturated heterocycles. The molecule has 1 saturated carbocycles. The first-order valence-electron chi connectivity index (χ1n) is 12.2. The predicted octanol–water partition coefficient (Wildman–Crippen LogP) is 2.72. The van der Waals surface area contributed by atoms with Crippen LogP contribution in [-0.4, -0.2) is 58.5 Å². The Bertz CT molecular complexity index is 1170. The number of pyridine rings is 1. The normalized spacial score (nSPS) is 24.3. The van der Waals surface area contributed by atoms with Crippen molar-refractivity contribution >= 4 is 11.8 Å².